The Hall–Kier alpha value is -2.11. The van der Waals surface area contributed by atoms with Crippen molar-refractivity contribution in [3.8, 4) is 0 Å². The average molecular weight is 916 g/mol. The number of carbonyl (C=O) groups is 3. The monoisotopic (exact) mass is 915 g/mol. The van der Waals surface area contributed by atoms with Gasteiger partial charge in [0.2, 0.25) is 0 Å². The molecule has 65 heavy (non-hydrogen) atoms. The highest BCUT2D eigenvalue weighted by atomic mass is 16.6. The average Bonchev–Trinajstić information content (AvgIpc) is 3.30. The van der Waals surface area contributed by atoms with Crippen LogP contribution in [0.2, 0.25) is 0 Å². The van der Waals surface area contributed by atoms with Crippen LogP contribution in [0.1, 0.15) is 316 Å². The fraction of sp³-hybridized carbons (Fsp3) is 0.881. The van der Waals surface area contributed by atoms with Crippen molar-refractivity contribution in [1.82, 2.24) is 0 Å². The van der Waals surface area contributed by atoms with E-state index in [1.807, 2.05) is 0 Å². The molecule has 0 saturated heterocycles. The predicted octanol–water partition coefficient (Wildman–Crippen LogP) is 19.1. The Morgan fingerprint density at radius 2 is 0.538 bits per heavy atom. The number of allylic oxidation sites excluding steroid dienone is 4. The maximum Gasteiger partial charge on any atom is 0.306 e. The second-order valence-corrected chi connectivity index (χ2v) is 19.6. The molecule has 0 amide bonds. The molecule has 0 spiro atoms. The fourth-order valence-corrected chi connectivity index (χ4v) is 8.61. The van der Waals surface area contributed by atoms with Crippen LogP contribution in [0.3, 0.4) is 0 Å². The van der Waals surface area contributed by atoms with Crippen LogP contribution < -0.4 is 0 Å². The topological polar surface area (TPSA) is 78.9 Å². The van der Waals surface area contributed by atoms with Crippen LogP contribution in [0, 0.1) is 0 Å². The molecular formula is C59H110O6. The summed E-state index contributed by atoms with van der Waals surface area (Å²) in [4.78, 5) is 38.1. The molecule has 1 atom stereocenters. The van der Waals surface area contributed by atoms with E-state index in [4.69, 9.17) is 14.2 Å². The molecular weight excluding hydrogens is 805 g/mol. The van der Waals surface area contributed by atoms with Crippen molar-refractivity contribution in [2.45, 2.75) is 322 Å². The van der Waals surface area contributed by atoms with E-state index in [1.54, 1.807) is 0 Å². The lowest BCUT2D eigenvalue weighted by Crippen LogP contribution is -2.30. The third-order valence-electron chi connectivity index (χ3n) is 13.0. The Morgan fingerprint density at radius 3 is 0.846 bits per heavy atom. The minimum Gasteiger partial charge on any atom is -0.462 e. The Balaban J connectivity index is 4.26. The minimum absolute atomic E-state index is 0.0668. The first-order valence-electron chi connectivity index (χ1n) is 28.9. The summed E-state index contributed by atoms with van der Waals surface area (Å²) < 4.78 is 16.9. The molecule has 0 aliphatic carbocycles. The van der Waals surface area contributed by atoms with Gasteiger partial charge in [-0.2, -0.15) is 0 Å². The smallest absolute Gasteiger partial charge is 0.306 e. The van der Waals surface area contributed by atoms with Crippen molar-refractivity contribution in [3.63, 3.8) is 0 Å². The highest BCUT2D eigenvalue weighted by molar-refractivity contribution is 5.71. The largest absolute Gasteiger partial charge is 0.462 e. The van der Waals surface area contributed by atoms with Crippen molar-refractivity contribution >= 4 is 17.9 Å². The van der Waals surface area contributed by atoms with Crippen LogP contribution in [0.4, 0.5) is 0 Å². The summed E-state index contributed by atoms with van der Waals surface area (Å²) in [7, 11) is 0. The quantitative estimate of drug-likeness (QED) is 0.0262. The number of rotatable bonds is 53. The summed E-state index contributed by atoms with van der Waals surface area (Å²) in [6.07, 6.45) is 63.1. The van der Waals surface area contributed by atoms with E-state index in [9.17, 15) is 14.4 Å². The molecule has 382 valence electrons. The van der Waals surface area contributed by atoms with Crippen molar-refractivity contribution in [2.75, 3.05) is 13.2 Å². The zero-order chi connectivity index (χ0) is 47.2. The van der Waals surface area contributed by atoms with E-state index in [2.05, 4.69) is 45.1 Å². The van der Waals surface area contributed by atoms with Gasteiger partial charge in [-0.05, 0) is 44.9 Å². The molecule has 0 fully saturated rings. The highest BCUT2D eigenvalue weighted by Gasteiger charge is 2.19. The summed E-state index contributed by atoms with van der Waals surface area (Å²) in [6.45, 7) is 6.65. The molecule has 1 unspecified atom stereocenters. The lowest BCUT2D eigenvalue weighted by atomic mass is 10.0. The van der Waals surface area contributed by atoms with Gasteiger partial charge in [-0.1, -0.05) is 276 Å². The maximum absolute atomic E-state index is 12.8. The Kier molecular flexibility index (Phi) is 52.7. The number of unbranched alkanes of at least 4 members (excludes halogenated alkanes) is 39. The van der Waals surface area contributed by atoms with Gasteiger partial charge in [0.25, 0.3) is 0 Å². The van der Waals surface area contributed by atoms with Gasteiger partial charge >= 0.3 is 17.9 Å². The maximum atomic E-state index is 12.8. The standard InChI is InChI=1S/C59H110O6/c1-4-7-10-13-16-19-22-24-26-28-30-32-33-35-37-40-43-46-49-52-58(61)64-55-56(54-63-57(60)51-48-45-42-39-21-18-15-12-9-6-3)65-59(62)53-50-47-44-41-38-36-34-31-29-27-25-23-20-17-14-11-8-5-2/h16,19,22,24,56H,4-15,17-18,20-21,23,25-55H2,1-3H3/b19-16-,24-22-. The summed E-state index contributed by atoms with van der Waals surface area (Å²) in [5.41, 5.74) is 0. The third-order valence-corrected chi connectivity index (χ3v) is 13.0. The summed E-state index contributed by atoms with van der Waals surface area (Å²) in [6, 6.07) is 0. The van der Waals surface area contributed by atoms with Gasteiger partial charge in [0.15, 0.2) is 6.10 Å². The van der Waals surface area contributed by atoms with E-state index in [-0.39, 0.29) is 31.1 Å². The van der Waals surface area contributed by atoms with Gasteiger partial charge in [-0.25, -0.2) is 0 Å². The molecule has 0 aliphatic rings. The van der Waals surface area contributed by atoms with Crippen LogP contribution in [0.5, 0.6) is 0 Å². The number of carbonyl (C=O) groups excluding carboxylic acids is 3. The van der Waals surface area contributed by atoms with Crippen molar-refractivity contribution in [3.05, 3.63) is 24.3 Å². The van der Waals surface area contributed by atoms with Gasteiger partial charge in [-0.15, -0.1) is 0 Å². The van der Waals surface area contributed by atoms with E-state index in [1.165, 1.54) is 218 Å². The van der Waals surface area contributed by atoms with Gasteiger partial charge < -0.3 is 14.2 Å². The zero-order valence-electron chi connectivity index (χ0n) is 43.8. The van der Waals surface area contributed by atoms with Crippen LogP contribution in [0.15, 0.2) is 24.3 Å². The van der Waals surface area contributed by atoms with E-state index < -0.39 is 6.10 Å². The second-order valence-electron chi connectivity index (χ2n) is 19.6. The number of esters is 3. The van der Waals surface area contributed by atoms with Gasteiger partial charge in [0.05, 0.1) is 0 Å². The minimum atomic E-state index is -0.766. The van der Waals surface area contributed by atoms with E-state index >= 15 is 0 Å². The molecule has 0 aromatic rings. The Morgan fingerprint density at radius 1 is 0.308 bits per heavy atom. The first-order valence-corrected chi connectivity index (χ1v) is 28.9. The van der Waals surface area contributed by atoms with Gasteiger partial charge in [0, 0.05) is 19.3 Å². The molecule has 0 aromatic carbocycles. The van der Waals surface area contributed by atoms with E-state index in [0.29, 0.717) is 19.3 Å². The molecule has 0 aliphatic heterocycles. The second kappa shape index (κ2) is 54.5. The van der Waals surface area contributed by atoms with Crippen LogP contribution in [-0.4, -0.2) is 37.2 Å². The normalized spacial score (nSPS) is 12.1. The molecule has 0 aromatic heterocycles. The number of hydrogen-bond acceptors (Lipinski definition) is 6. The summed E-state index contributed by atoms with van der Waals surface area (Å²) >= 11 is 0. The van der Waals surface area contributed by atoms with Crippen LogP contribution in [-0.2, 0) is 28.6 Å². The summed E-state index contributed by atoms with van der Waals surface area (Å²) in [5.74, 6) is -0.851. The van der Waals surface area contributed by atoms with Crippen LogP contribution in [0.25, 0.3) is 0 Å². The molecule has 0 rings (SSSR count). The SMILES string of the molecule is CCCCC/C=C\C=C/CCCCCCCCCCCCC(=O)OCC(COC(=O)CCCCCCCCCCCC)OC(=O)CCCCCCCCCCCCCCCCCCCC. The number of hydrogen-bond donors (Lipinski definition) is 0. The molecule has 0 bridgehead atoms. The zero-order valence-corrected chi connectivity index (χ0v) is 43.8. The van der Waals surface area contributed by atoms with Crippen molar-refractivity contribution < 1.29 is 28.6 Å². The third kappa shape index (κ3) is 52.7. The number of ether oxygens (including phenoxy) is 3. The predicted molar refractivity (Wildman–Crippen MR) is 279 cm³/mol. The molecule has 6 nitrogen and oxygen atoms in total. The Bertz CT molecular complexity index is 1050. The lowest BCUT2D eigenvalue weighted by molar-refractivity contribution is -0.167. The molecule has 6 heteroatoms. The highest BCUT2D eigenvalue weighted by Crippen LogP contribution is 2.17. The lowest BCUT2D eigenvalue weighted by Gasteiger charge is -2.18. The molecule has 0 heterocycles. The summed E-state index contributed by atoms with van der Waals surface area (Å²) in [5, 5.41) is 0. The first-order chi connectivity index (χ1) is 32.0. The van der Waals surface area contributed by atoms with E-state index in [0.717, 1.165) is 57.8 Å². The molecule has 0 radical (unpaired) electrons. The Labute approximate surface area is 404 Å². The van der Waals surface area contributed by atoms with Crippen molar-refractivity contribution in [1.29, 1.82) is 0 Å². The first kappa shape index (κ1) is 62.9. The van der Waals surface area contributed by atoms with Crippen molar-refractivity contribution in [2.24, 2.45) is 0 Å². The fourth-order valence-electron chi connectivity index (χ4n) is 8.61. The molecule has 0 saturated carbocycles. The van der Waals surface area contributed by atoms with Gasteiger partial charge in [0.1, 0.15) is 13.2 Å². The molecule has 0 N–H and O–H groups in total. The van der Waals surface area contributed by atoms with Crippen LogP contribution >= 0.6 is 0 Å². The van der Waals surface area contributed by atoms with Gasteiger partial charge in [-0.3, -0.25) is 14.4 Å².